The van der Waals surface area contributed by atoms with Crippen molar-refractivity contribution in [2.75, 3.05) is 0 Å². The highest BCUT2D eigenvalue weighted by Gasteiger charge is 2.26. The SMILES string of the molecule is c1ccc(-c2nc(-c3ccccc3)nc(-n3c4cccc5c6cccc7sc8ccc9oc%10ccc3c(c%10c9c8c76)c54)n2)cc1. The summed E-state index contributed by atoms with van der Waals surface area (Å²) in [7, 11) is 0. The second-order valence-corrected chi connectivity index (χ2v) is 12.7. The minimum absolute atomic E-state index is 0.587. The molecular formula is C39H20N4OS. The average Bonchev–Trinajstić information content (AvgIpc) is 3.77. The third-order valence-corrected chi connectivity index (χ3v) is 10.3. The van der Waals surface area contributed by atoms with Crippen molar-refractivity contribution in [2.45, 2.75) is 0 Å². The number of benzene rings is 6. The van der Waals surface area contributed by atoms with E-state index in [1.165, 1.54) is 47.1 Å². The fraction of sp³-hybridized carbons (Fsp3) is 0. The molecule has 0 saturated carbocycles. The smallest absolute Gasteiger partial charge is 0.238 e. The van der Waals surface area contributed by atoms with Crippen LogP contribution < -0.4 is 0 Å². The highest BCUT2D eigenvalue weighted by atomic mass is 32.1. The Bertz CT molecular complexity index is 2860. The third kappa shape index (κ3) is 3.04. The van der Waals surface area contributed by atoms with Gasteiger partial charge in [0.15, 0.2) is 11.6 Å². The van der Waals surface area contributed by atoms with E-state index in [1.807, 2.05) is 72.0 Å². The van der Waals surface area contributed by atoms with E-state index >= 15 is 0 Å². The van der Waals surface area contributed by atoms with E-state index in [2.05, 4.69) is 65.2 Å². The highest BCUT2D eigenvalue weighted by molar-refractivity contribution is 7.26. The molecule has 4 aromatic heterocycles. The molecule has 11 rings (SSSR count). The Morgan fingerprint density at radius 3 is 1.78 bits per heavy atom. The molecule has 6 heteroatoms. The summed E-state index contributed by atoms with van der Waals surface area (Å²) >= 11 is 1.85. The minimum atomic E-state index is 0.587. The molecule has 11 aromatic rings. The van der Waals surface area contributed by atoms with Crippen molar-refractivity contribution in [1.82, 2.24) is 19.5 Å². The lowest BCUT2D eigenvalue weighted by molar-refractivity contribution is 0.669. The van der Waals surface area contributed by atoms with Crippen LogP contribution in [0.25, 0.3) is 103 Å². The highest BCUT2D eigenvalue weighted by Crippen LogP contribution is 2.50. The van der Waals surface area contributed by atoms with Gasteiger partial charge in [-0.25, -0.2) is 4.98 Å². The molecule has 7 aromatic carbocycles. The molecule has 0 radical (unpaired) electrons. The van der Waals surface area contributed by atoms with Crippen LogP contribution in [0.5, 0.6) is 0 Å². The number of hydrogen-bond donors (Lipinski definition) is 0. The number of furan rings is 1. The van der Waals surface area contributed by atoms with Gasteiger partial charge in [0.25, 0.3) is 0 Å². The maximum Gasteiger partial charge on any atom is 0.238 e. The van der Waals surface area contributed by atoms with Gasteiger partial charge in [-0.3, -0.25) is 4.57 Å². The van der Waals surface area contributed by atoms with Crippen LogP contribution in [0.15, 0.2) is 126 Å². The molecule has 0 bridgehead atoms. The summed E-state index contributed by atoms with van der Waals surface area (Å²) in [5.41, 5.74) is 5.79. The summed E-state index contributed by atoms with van der Waals surface area (Å²) in [4.78, 5) is 15.3. The first-order valence-corrected chi connectivity index (χ1v) is 15.8. The molecule has 0 amide bonds. The molecule has 0 saturated heterocycles. The van der Waals surface area contributed by atoms with Crippen molar-refractivity contribution in [1.29, 1.82) is 0 Å². The zero-order chi connectivity index (χ0) is 29.2. The van der Waals surface area contributed by atoms with Crippen molar-refractivity contribution < 1.29 is 4.42 Å². The molecule has 45 heavy (non-hydrogen) atoms. The van der Waals surface area contributed by atoms with Crippen LogP contribution >= 0.6 is 11.3 Å². The number of nitrogens with zero attached hydrogens (tertiary/aromatic N) is 4. The largest absolute Gasteiger partial charge is 0.456 e. The van der Waals surface area contributed by atoms with Crippen molar-refractivity contribution in [2.24, 2.45) is 0 Å². The van der Waals surface area contributed by atoms with Gasteiger partial charge in [-0.2, -0.15) is 9.97 Å². The summed E-state index contributed by atoms with van der Waals surface area (Å²) in [6.45, 7) is 0. The molecule has 0 aliphatic rings. The topological polar surface area (TPSA) is 56.7 Å². The number of rotatable bonds is 3. The van der Waals surface area contributed by atoms with Crippen LogP contribution in [-0.2, 0) is 0 Å². The Labute approximate surface area is 259 Å². The van der Waals surface area contributed by atoms with Crippen molar-refractivity contribution >= 4 is 86.0 Å². The lowest BCUT2D eigenvalue weighted by atomic mass is 9.95. The van der Waals surface area contributed by atoms with Crippen LogP contribution in [0, 0.1) is 0 Å². The Hall–Kier alpha value is -5.85. The van der Waals surface area contributed by atoms with Crippen LogP contribution in [0.1, 0.15) is 0 Å². The first-order valence-electron chi connectivity index (χ1n) is 15.0. The van der Waals surface area contributed by atoms with Crippen LogP contribution in [0.2, 0.25) is 0 Å². The van der Waals surface area contributed by atoms with Gasteiger partial charge in [0.2, 0.25) is 5.95 Å². The molecule has 208 valence electrons. The van der Waals surface area contributed by atoms with E-state index < -0.39 is 0 Å². The fourth-order valence-electron chi connectivity index (χ4n) is 7.37. The quantitative estimate of drug-likeness (QED) is 0.205. The second-order valence-electron chi connectivity index (χ2n) is 11.6. The molecular weight excluding hydrogens is 573 g/mol. The predicted octanol–water partition coefficient (Wildman–Crippen LogP) is 10.6. The summed E-state index contributed by atoms with van der Waals surface area (Å²) in [6.07, 6.45) is 0. The molecule has 0 aliphatic heterocycles. The standard InChI is InChI=1S/C39H20N4OS/c1-3-9-21(10-4-1)37-40-38(22-11-5-2-6-12-22)42-39(41-37)43-25-15-7-13-23-24-14-8-16-29-32(24)36-30(45-29)20-19-28-35(36)34-27(44-28)18-17-26(43)33(34)31(23)25/h1-20H. The molecule has 0 atom stereocenters. The molecule has 0 spiro atoms. The van der Waals surface area contributed by atoms with Gasteiger partial charge in [-0.1, -0.05) is 84.9 Å². The van der Waals surface area contributed by atoms with Crippen LogP contribution in [0.4, 0.5) is 0 Å². The second kappa shape index (κ2) is 8.40. The predicted molar refractivity (Wildman–Crippen MR) is 185 cm³/mol. The number of aromatic nitrogens is 4. The first kappa shape index (κ1) is 23.6. The summed E-state index contributed by atoms with van der Waals surface area (Å²) in [5, 5.41) is 9.72. The van der Waals surface area contributed by atoms with Gasteiger partial charge in [-0.05, 0) is 47.2 Å². The molecule has 5 nitrogen and oxygen atoms in total. The van der Waals surface area contributed by atoms with Gasteiger partial charge < -0.3 is 4.42 Å². The third-order valence-electron chi connectivity index (χ3n) is 9.19. The summed E-state index contributed by atoms with van der Waals surface area (Å²) in [6, 6.07) is 42.2. The number of fused-ring (bicyclic) bond motifs is 1. The van der Waals surface area contributed by atoms with E-state index in [1.54, 1.807) is 0 Å². The van der Waals surface area contributed by atoms with Gasteiger partial charge in [-0.15, -0.1) is 11.3 Å². The van der Waals surface area contributed by atoms with Gasteiger partial charge in [0.05, 0.1) is 11.0 Å². The maximum absolute atomic E-state index is 6.58. The molecule has 0 aliphatic carbocycles. The number of hydrogen-bond acceptors (Lipinski definition) is 5. The monoisotopic (exact) mass is 592 g/mol. The van der Waals surface area contributed by atoms with E-state index in [9.17, 15) is 0 Å². The Kier molecular flexibility index (Phi) is 4.41. The van der Waals surface area contributed by atoms with Gasteiger partial charge in [0, 0.05) is 52.8 Å². The van der Waals surface area contributed by atoms with E-state index in [0.717, 1.165) is 38.7 Å². The number of thiophene rings is 1. The van der Waals surface area contributed by atoms with E-state index in [4.69, 9.17) is 19.4 Å². The fourth-order valence-corrected chi connectivity index (χ4v) is 8.51. The summed E-state index contributed by atoms with van der Waals surface area (Å²) < 4.78 is 11.4. The summed E-state index contributed by atoms with van der Waals surface area (Å²) in [5.74, 6) is 1.86. The maximum atomic E-state index is 6.58. The lowest BCUT2D eigenvalue weighted by Crippen LogP contribution is -2.06. The van der Waals surface area contributed by atoms with Crippen molar-refractivity contribution in [3.05, 3.63) is 121 Å². The molecule has 0 unspecified atom stereocenters. The van der Waals surface area contributed by atoms with E-state index in [-0.39, 0.29) is 0 Å². The van der Waals surface area contributed by atoms with Crippen LogP contribution in [0.3, 0.4) is 0 Å². The molecule has 4 heterocycles. The first-order chi connectivity index (χ1) is 22.3. The Morgan fingerprint density at radius 1 is 0.444 bits per heavy atom. The molecule has 0 fully saturated rings. The zero-order valence-electron chi connectivity index (χ0n) is 23.7. The van der Waals surface area contributed by atoms with Crippen molar-refractivity contribution in [3.63, 3.8) is 0 Å². The van der Waals surface area contributed by atoms with E-state index in [0.29, 0.717) is 17.6 Å². The average molecular weight is 593 g/mol. The lowest BCUT2D eigenvalue weighted by Gasteiger charge is -2.11. The van der Waals surface area contributed by atoms with Crippen LogP contribution in [-0.4, -0.2) is 19.5 Å². The zero-order valence-corrected chi connectivity index (χ0v) is 24.5. The normalized spacial score (nSPS) is 12.4. The Morgan fingerprint density at radius 2 is 1.04 bits per heavy atom. The van der Waals surface area contributed by atoms with Crippen molar-refractivity contribution in [3.8, 4) is 28.7 Å². The Balaban J connectivity index is 1.37. The minimum Gasteiger partial charge on any atom is -0.456 e. The molecule has 0 N–H and O–H groups in total. The van der Waals surface area contributed by atoms with Gasteiger partial charge in [0.1, 0.15) is 11.2 Å². The van der Waals surface area contributed by atoms with Gasteiger partial charge >= 0.3 is 0 Å².